The van der Waals surface area contributed by atoms with Crippen molar-refractivity contribution in [2.45, 2.75) is 38.1 Å². The summed E-state index contributed by atoms with van der Waals surface area (Å²) >= 11 is 0. The summed E-state index contributed by atoms with van der Waals surface area (Å²) in [6.07, 6.45) is 5.09. The van der Waals surface area contributed by atoms with Crippen LogP contribution in [0.25, 0.3) is 0 Å². The number of aliphatic carboxylic acids is 1. The molecule has 0 spiro atoms. The van der Waals surface area contributed by atoms with Gasteiger partial charge in [0.15, 0.2) is 0 Å². The smallest absolute Gasteiger partial charge is 0.315 e. The van der Waals surface area contributed by atoms with Crippen molar-refractivity contribution in [1.82, 2.24) is 25.4 Å². The van der Waals surface area contributed by atoms with Crippen molar-refractivity contribution in [3.05, 3.63) is 12.2 Å². The predicted octanol–water partition coefficient (Wildman–Crippen LogP) is 0.300. The van der Waals surface area contributed by atoms with Crippen LogP contribution in [0.1, 0.15) is 31.5 Å². The van der Waals surface area contributed by atoms with Crippen molar-refractivity contribution in [3.63, 3.8) is 0 Å². The number of carboxylic acids is 1. The highest BCUT2D eigenvalue weighted by molar-refractivity contribution is 5.74. The molecule has 8 heteroatoms. The van der Waals surface area contributed by atoms with Crippen LogP contribution in [0.3, 0.4) is 0 Å². The number of hydrogen-bond donors (Lipinski definition) is 3. The average molecular weight is 295 g/mol. The summed E-state index contributed by atoms with van der Waals surface area (Å²) in [5.41, 5.74) is 0. The third-order valence-corrected chi connectivity index (χ3v) is 3.80. The molecule has 116 valence electrons. The van der Waals surface area contributed by atoms with Crippen LogP contribution in [-0.4, -0.2) is 44.5 Å². The highest BCUT2D eigenvalue weighted by Gasteiger charge is 2.27. The fourth-order valence-corrected chi connectivity index (χ4v) is 2.60. The molecule has 0 aromatic carbocycles. The van der Waals surface area contributed by atoms with E-state index in [9.17, 15) is 9.59 Å². The predicted molar refractivity (Wildman–Crippen MR) is 74.6 cm³/mol. The topological polar surface area (TPSA) is 109 Å². The van der Waals surface area contributed by atoms with Crippen molar-refractivity contribution in [2.24, 2.45) is 13.0 Å². The number of aryl methyl sites for hydroxylation is 1. The molecule has 0 aliphatic heterocycles. The average Bonchev–Trinajstić information content (AvgIpc) is 2.85. The van der Waals surface area contributed by atoms with E-state index in [1.165, 1.54) is 0 Å². The second kappa shape index (κ2) is 7.05. The number of amides is 2. The van der Waals surface area contributed by atoms with E-state index in [4.69, 9.17) is 5.11 Å². The molecule has 1 aromatic heterocycles. The number of aromatic nitrogens is 3. The molecule has 1 aromatic rings. The fourth-order valence-electron chi connectivity index (χ4n) is 2.60. The van der Waals surface area contributed by atoms with Crippen LogP contribution in [0, 0.1) is 5.92 Å². The maximum absolute atomic E-state index is 11.8. The standard InChI is InChI=1S/C13H21N5O3/c1-18-8-15-17-11(18)5-6-14-13(21)16-10-4-2-3-9(7-10)12(19)20/h8-10H,2-7H2,1H3,(H,19,20)(H2,14,16,21). The summed E-state index contributed by atoms with van der Waals surface area (Å²) in [6.45, 7) is 0.466. The van der Waals surface area contributed by atoms with E-state index in [2.05, 4.69) is 20.8 Å². The van der Waals surface area contributed by atoms with Crippen molar-refractivity contribution in [1.29, 1.82) is 0 Å². The van der Waals surface area contributed by atoms with Crippen LogP contribution in [0.5, 0.6) is 0 Å². The number of rotatable bonds is 5. The lowest BCUT2D eigenvalue weighted by Crippen LogP contribution is -2.45. The lowest BCUT2D eigenvalue weighted by molar-refractivity contribution is -0.143. The van der Waals surface area contributed by atoms with E-state index in [0.717, 1.165) is 18.7 Å². The third-order valence-electron chi connectivity index (χ3n) is 3.80. The summed E-state index contributed by atoms with van der Waals surface area (Å²) < 4.78 is 1.80. The SMILES string of the molecule is Cn1cnnc1CCNC(=O)NC1CCCC(C(=O)O)C1. The molecule has 0 bridgehead atoms. The highest BCUT2D eigenvalue weighted by atomic mass is 16.4. The Balaban J connectivity index is 1.69. The molecule has 2 unspecified atom stereocenters. The monoisotopic (exact) mass is 295 g/mol. The molecule has 8 nitrogen and oxygen atoms in total. The Kier molecular flexibility index (Phi) is 5.13. The molecule has 0 radical (unpaired) electrons. The zero-order chi connectivity index (χ0) is 15.2. The van der Waals surface area contributed by atoms with Gasteiger partial charge >= 0.3 is 12.0 Å². The summed E-state index contributed by atoms with van der Waals surface area (Å²) in [5.74, 6) is -0.314. The maximum Gasteiger partial charge on any atom is 0.315 e. The lowest BCUT2D eigenvalue weighted by Gasteiger charge is -2.27. The Morgan fingerprint density at radius 2 is 2.29 bits per heavy atom. The van der Waals surface area contributed by atoms with Crippen molar-refractivity contribution < 1.29 is 14.7 Å². The summed E-state index contributed by atoms with van der Waals surface area (Å²) in [7, 11) is 1.85. The first-order chi connectivity index (χ1) is 10.1. The molecule has 2 rings (SSSR count). The first kappa shape index (κ1) is 15.3. The number of nitrogens with one attached hydrogen (secondary N) is 2. The Morgan fingerprint density at radius 3 is 2.95 bits per heavy atom. The van der Waals surface area contributed by atoms with Crippen LogP contribution in [0.4, 0.5) is 4.79 Å². The lowest BCUT2D eigenvalue weighted by atomic mass is 9.86. The fraction of sp³-hybridized carbons (Fsp3) is 0.692. The van der Waals surface area contributed by atoms with Gasteiger partial charge in [-0.3, -0.25) is 4.79 Å². The summed E-state index contributed by atoms with van der Waals surface area (Å²) in [5, 5.41) is 22.3. The van der Waals surface area contributed by atoms with Crippen LogP contribution < -0.4 is 10.6 Å². The van der Waals surface area contributed by atoms with Gasteiger partial charge in [0.25, 0.3) is 0 Å². The summed E-state index contributed by atoms with van der Waals surface area (Å²) in [4.78, 5) is 22.8. The number of carboxylic acid groups (broad SMARTS) is 1. The van der Waals surface area contributed by atoms with Gasteiger partial charge in [-0.2, -0.15) is 0 Å². The Morgan fingerprint density at radius 1 is 1.48 bits per heavy atom. The molecule has 2 amide bonds. The van der Waals surface area contributed by atoms with Gasteiger partial charge in [0.1, 0.15) is 12.2 Å². The molecule has 1 aliphatic carbocycles. The second-order valence-electron chi connectivity index (χ2n) is 5.41. The first-order valence-electron chi connectivity index (χ1n) is 7.16. The molecule has 3 N–H and O–H groups in total. The Bertz CT molecular complexity index is 502. The van der Waals surface area contributed by atoms with Gasteiger partial charge < -0.3 is 20.3 Å². The van der Waals surface area contributed by atoms with Gasteiger partial charge in [0, 0.05) is 26.1 Å². The minimum atomic E-state index is -0.774. The maximum atomic E-state index is 11.8. The summed E-state index contributed by atoms with van der Waals surface area (Å²) in [6, 6.07) is -0.317. The number of nitrogens with zero attached hydrogens (tertiary/aromatic N) is 3. The molecule has 1 heterocycles. The van der Waals surface area contributed by atoms with Crippen molar-refractivity contribution in [2.75, 3.05) is 6.54 Å². The molecule has 0 saturated heterocycles. The number of carbonyl (C=O) groups is 2. The molecule has 1 aliphatic rings. The van der Waals surface area contributed by atoms with Gasteiger partial charge in [-0.25, -0.2) is 4.79 Å². The first-order valence-corrected chi connectivity index (χ1v) is 7.16. The number of carbonyl (C=O) groups excluding carboxylic acids is 1. The van der Waals surface area contributed by atoms with E-state index >= 15 is 0 Å². The molecular formula is C13H21N5O3. The molecular weight excluding hydrogens is 274 g/mol. The molecule has 21 heavy (non-hydrogen) atoms. The third kappa shape index (κ3) is 4.44. The van der Waals surface area contributed by atoms with Gasteiger partial charge in [-0.05, 0) is 19.3 Å². The van der Waals surface area contributed by atoms with Gasteiger partial charge in [-0.15, -0.1) is 10.2 Å². The van der Waals surface area contributed by atoms with Crippen molar-refractivity contribution in [3.8, 4) is 0 Å². The second-order valence-corrected chi connectivity index (χ2v) is 5.41. The zero-order valence-electron chi connectivity index (χ0n) is 12.1. The van der Waals surface area contributed by atoms with E-state index in [1.807, 2.05) is 7.05 Å². The molecule has 2 atom stereocenters. The van der Waals surface area contributed by atoms with Crippen molar-refractivity contribution >= 4 is 12.0 Å². The van der Waals surface area contributed by atoms with Crippen LogP contribution >= 0.6 is 0 Å². The normalized spacial score (nSPS) is 21.8. The minimum absolute atomic E-state index is 0.0605. The van der Waals surface area contributed by atoms with E-state index in [-0.39, 0.29) is 18.0 Å². The number of hydrogen-bond acceptors (Lipinski definition) is 4. The Hall–Kier alpha value is -2.12. The zero-order valence-corrected chi connectivity index (χ0v) is 12.1. The van der Waals surface area contributed by atoms with E-state index < -0.39 is 5.97 Å². The Labute approximate surface area is 122 Å². The quantitative estimate of drug-likeness (QED) is 0.724. The number of urea groups is 1. The van der Waals surface area contributed by atoms with E-state index in [0.29, 0.717) is 25.8 Å². The molecule has 1 fully saturated rings. The van der Waals surface area contributed by atoms with Gasteiger partial charge in [0.2, 0.25) is 0 Å². The van der Waals surface area contributed by atoms with E-state index in [1.54, 1.807) is 10.9 Å². The largest absolute Gasteiger partial charge is 0.481 e. The van der Waals surface area contributed by atoms with Crippen LogP contribution in [-0.2, 0) is 18.3 Å². The van der Waals surface area contributed by atoms with Gasteiger partial charge in [-0.1, -0.05) is 6.42 Å². The highest BCUT2D eigenvalue weighted by Crippen LogP contribution is 2.24. The van der Waals surface area contributed by atoms with Crippen LogP contribution in [0.2, 0.25) is 0 Å². The van der Waals surface area contributed by atoms with Crippen LogP contribution in [0.15, 0.2) is 6.33 Å². The molecule has 1 saturated carbocycles. The van der Waals surface area contributed by atoms with Gasteiger partial charge in [0.05, 0.1) is 5.92 Å². The minimum Gasteiger partial charge on any atom is -0.481 e.